The van der Waals surface area contributed by atoms with Crippen molar-refractivity contribution in [2.45, 2.75) is 90.6 Å². The molecule has 1 N–H and O–H groups in total. The Kier molecular flexibility index (Phi) is 10.1. The van der Waals surface area contributed by atoms with Gasteiger partial charge in [-0.25, -0.2) is 14.6 Å². The predicted molar refractivity (Wildman–Crippen MR) is 155 cm³/mol. The van der Waals surface area contributed by atoms with Crippen LogP contribution in [0.15, 0.2) is 12.7 Å². The molecule has 2 saturated carbocycles. The summed E-state index contributed by atoms with van der Waals surface area (Å²) in [6, 6.07) is 1.99. The second-order valence-corrected chi connectivity index (χ2v) is 12.8. The first kappa shape index (κ1) is 30.6. The van der Waals surface area contributed by atoms with Crippen LogP contribution in [0.5, 0.6) is 5.88 Å². The molecule has 10 nitrogen and oxygen atoms in total. The van der Waals surface area contributed by atoms with E-state index in [1.807, 2.05) is 26.8 Å². The van der Waals surface area contributed by atoms with E-state index >= 15 is 0 Å². The molecule has 3 aliphatic rings. The zero-order valence-electron chi connectivity index (χ0n) is 24.9. The van der Waals surface area contributed by atoms with Gasteiger partial charge >= 0.3 is 12.1 Å². The second kappa shape index (κ2) is 13.5. The Morgan fingerprint density at radius 2 is 1.83 bits per heavy atom. The van der Waals surface area contributed by atoms with Crippen molar-refractivity contribution in [3.63, 3.8) is 0 Å². The summed E-state index contributed by atoms with van der Waals surface area (Å²) in [5.74, 6) is 0.478. The van der Waals surface area contributed by atoms with Crippen molar-refractivity contribution < 1.29 is 23.8 Å². The lowest BCUT2D eigenvalue weighted by molar-refractivity contribution is 0.0177. The molecule has 1 aromatic heterocycles. The predicted octanol–water partition coefficient (Wildman–Crippen LogP) is 5.88. The Hall–Kier alpha value is -3.35. The van der Waals surface area contributed by atoms with Crippen LogP contribution in [0.2, 0.25) is 0 Å². The molecule has 1 aliphatic heterocycles. The van der Waals surface area contributed by atoms with E-state index in [2.05, 4.69) is 21.9 Å². The van der Waals surface area contributed by atoms with Crippen molar-refractivity contribution in [1.29, 1.82) is 5.26 Å². The highest BCUT2D eigenvalue weighted by atomic mass is 16.6. The van der Waals surface area contributed by atoms with E-state index < -0.39 is 11.6 Å². The van der Waals surface area contributed by atoms with Crippen LogP contribution in [0.3, 0.4) is 0 Å². The van der Waals surface area contributed by atoms with Crippen LogP contribution >= 0.6 is 0 Å². The Morgan fingerprint density at radius 1 is 1.12 bits per heavy atom. The number of nitriles is 1. The molecular weight excluding hydrogens is 522 g/mol. The fourth-order valence-electron chi connectivity index (χ4n) is 6.08. The number of esters is 1. The number of carbonyl (C=O) groups is 2. The van der Waals surface area contributed by atoms with Gasteiger partial charge in [-0.05, 0) is 95.8 Å². The van der Waals surface area contributed by atoms with Gasteiger partial charge in [-0.3, -0.25) is 0 Å². The molecule has 1 saturated heterocycles. The topological polar surface area (TPSA) is 127 Å². The molecule has 0 bridgehead atoms. The van der Waals surface area contributed by atoms with Gasteiger partial charge in [0.2, 0.25) is 11.7 Å². The summed E-state index contributed by atoms with van der Waals surface area (Å²) in [6.07, 6.45) is 12.5. The standard InChI is InChI=1S/C31H45N5O5/c1-5-18-40-28(37)25-26(33-21-23-7-14-31(15-8-23)12-6-13-31)34-24(20-32)35-27(25)39-19-11-22-9-16-36(17-10-22)29(38)41-30(2,3)4/h5,22-23H,1,6-19,21H2,2-4H3,(H,33,34,35). The molecule has 0 radical (unpaired) electrons. The maximum Gasteiger partial charge on any atom is 0.410 e. The van der Waals surface area contributed by atoms with E-state index in [0.717, 1.165) is 32.1 Å². The van der Waals surface area contributed by atoms with Crippen molar-refractivity contribution in [2.24, 2.45) is 17.3 Å². The zero-order chi connectivity index (χ0) is 29.5. The number of rotatable bonds is 10. The number of likely N-dealkylation sites (tertiary alicyclic amines) is 1. The van der Waals surface area contributed by atoms with Crippen LogP contribution in [0.4, 0.5) is 10.6 Å². The summed E-state index contributed by atoms with van der Waals surface area (Å²) >= 11 is 0. The molecule has 0 unspecified atom stereocenters. The number of carbonyl (C=O) groups excluding carboxylic acids is 2. The lowest BCUT2D eigenvalue weighted by atomic mass is 9.59. The third kappa shape index (κ3) is 8.34. The summed E-state index contributed by atoms with van der Waals surface area (Å²) in [5, 5.41) is 12.9. The average Bonchev–Trinajstić information content (AvgIpc) is 2.93. The van der Waals surface area contributed by atoms with E-state index in [-0.39, 0.29) is 35.8 Å². The molecule has 4 rings (SSSR count). The van der Waals surface area contributed by atoms with Crippen molar-refractivity contribution in [3.05, 3.63) is 24.0 Å². The molecule has 10 heteroatoms. The van der Waals surface area contributed by atoms with E-state index in [0.29, 0.717) is 43.5 Å². The highest BCUT2D eigenvalue weighted by Crippen LogP contribution is 2.52. The summed E-state index contributed by atoms with van der Waals surface area (Å²) < 4.78 is 16.9. The summed E-state index contributed by atoms with van der Waals surface area (Å²) in [4.78, 5) is 35.8. The molecule has 1 spiro atoms. The minimum absolute atomic E-state index is 0.0403. The smallest absolute Gasteiger partial charge is 0.410 e. The monoisotopic (exact) mass is 567 g/mol. The Morgan fingerprint density at radius 3 is 2.41 bits per heavy atom. The molecule has 2 heterocycles. The normalized spacial score (nSPS) is 19.1. The van der Waals surface area contributed by atoms with Crippen molar-refractivity contribution in [2.75, 3.05) is 38.2 Å². The average molecular weight is 568 g/mol. The summed E-state index contributed by atoms with van der Waals surface area (Å²) in [5.41, 5.74) is 0.165. The number of ether oxygens (including phenoxy) is 3. The van der Waals surface area contributed by atoms with Gasteiger partial charge < -0.3 is 24.4 Å². The van der Waals surface area contributed by atoms with Gasteiger partial charge in [0, 0.05) is 19.6 Å². The molecule has 0 aromatic carbocycles. The quantitative estimate of drug-likeness (QED) is 0.272. The minimum Gasteiger partial charge on any atom is -0.477 e. The number of hydrogen-bond acceptors (Lipinski definition) is 9. The number of aromatic nitrogens is 2. The van der Waals surface area contributed by atoms with E-state index in [4.69, 9.17) is 14.2 Å². The highest BCUT2D eigenvalue weighted by molar-refractivity contribution is 5.97. The molecule has 1 amide bonds. The molecule has 0 atom stereocenters. The van der Waals surface area contributed by atoms with Gasteiger partial charge in [-0.2, -0.15) is 10.2 Å². The van der Waals surface area contributed by atoms with Crippen LogP contribution in [0.25, 0.3) is 0 Å². The van der Waals surface area contributed by atoms with Gasteiger partial charge in [0.05, 0.1) is 6.61 Å². The minimum atomic E-state index is -0.616. The highest BCUT2D eigenvalue weighted by Gasteiger charge is 2.40. The Balaban J connectivity index is 1.37. The van der Waals surface area contributed by atoms with Gasteiger partial charge in [-0.15, -0.1) is 0 Å². The first-order valence-corrected chi connectivity index (χ1v) is 15.1. The van der Waals surface area contributed by atoms with Crippen LogP contribution in [-0.2, 0) is 9.47 Å². The number of nitrogens with one attached hydrogen (secondary N) is 1. The third-order valence-electron chi connectivity index (χ3n) is 8.68. The summed E-state index contributed by atoms with van der Waals surface area (Å²) in [7, 11) is 0. The zero-order valence-corrected chi connectivity index (χ0v) is 24.9. The van der Waals surface area contributed by atoms with Crippen LogP contribution in [0, 0.1) is 28.6 Å². The molecule has 2 aliphatic carbocycles. The van der Waals surface area contributed by atoms with Crippen molar-refractivity contribution >= 4 is 17.9 Å². The Bertz CT molecular complexity index is 1120. The number of amides is 1. The van der Waals surface area contributed by atoms with Crippen LogP contribution in [0.1, 0.15) is 101 Å². The van der Waals surface area contributed by atoms with Crippen molar-refractivity contribution in [1.82, 2.24) is 14.9 Å². The van der Waals surface area contributed by atoms with Gasteiger partial charge in [0.1, 0.15) is 24.1 Å². The molecule has 224 valence electrons. The van der Waals surface area contributed by atoms with E-state index in [1.165, 1.54) is 38.2 Å². The first-order chi connectivity index (χ1) is 19.6. The number of hydrogen-bond donors (Lipinski definition) is 1. The fourth-order valence-corrected chi connectivity index (χ4v) is 6.08. The largest absolute Gasteiger partial charge is 0.477 e. The lowest BCUT2D eigenvalue weighted by Gasteiger charge is -2.47. The van der Waals surface area contributed by atoms with Crippen LogP contribution in [-0.4, -0.2) is 65.4 Å². The number of nitrogens with zero attached hydrogens (tertiary/aromatic N) is 4. The van der Waals surface area contributed by atoms with E-state index in [1.54, 1.807) is 4.90 Å². The SMILES string of the molecule is C=CCOC(=O)c1c(NCC2CCC3(CCC3)CC2)nc(C#N)nc1OCCC1CCN(C(=O)OC(C)(C)C)CC1. The maximum absolute atomic E-state index is 13.1. The molecule has 3 fully saturated rings. The second-order valence-electron chi connectivity index (χ2n) is 12.8. The van der Waals surface area contributed by atoms with Gasteiger partial charge in [-0.1, -0.05) is 19.1 Å². The van der Waals surface area contributed by atoms with Gasteiger partial charge in [0.25, 0.3) is 0 Å². The van der Waals surface area contributed by atoms with Crippen molar-refractivity contribution in [3.8, 4) is 11.9 Å². The first-order valence-electron chi connectivity index (χ1n) is 15.1. The number of anilines is 1. The van der Waals surface area contributed by atoms with Crippen LogP contribution < -0.4 is 10.1 Å². The number of piperidine rings is 1. The van der Waals surface area contributed by atoms with E-state index in [9.17, 15) is 14.9 Å². The van der Waals surface area contributed by atoms with Gasteiger partial charge in [0.15, 0.2) is 5.56 Å². The lowest BCUT2D eigenvalue weighted by Crippen LogP contribution is -2.41. The molecule has 41 heavy (non-hydrogen) atoms. The Labute approximate surface area is 243 Å². The fraction of sp³-hybridized carbons (Fsp3) is 0.710. The molecule has 1 aromatic rings. The molecular formula is C31H45N5O5. The summed E-state index contributed by atoms with van der Waals surface area (Å²) in [6.45, 7) is 11.5. The third-order valence-corrected chi connectivity index (χ3v) is 8.68. The maximum atomic E-state index is 13.1.